The van der Waals surface area contributed by atoms with E-state index in [-0.39, 0.29) is 30.6 Å². The molecule has 0 aliphatic rings. The molecule has 270 valence electrons. The zero-order chi connectivity index (χ0) is 37.0. The van der Waals surface area contributed by atoms with Gasteiger partial charge in [0.05, 0.1) is 37.7 Å². The van der Waals surface area contributed by atoms with Crippen LogP contribution in [0.25, 0.3) is 11.0 Å². The molecule has 0 radical (unpaired) electrons. The van der Waals surface area contributed by atoms with Gasteiger partial charge in [0.1, 0.15) is 17.5 Å². The Morgan fingerprint density at radius 3 is 2.40 bits per heavy atom. The van der Waals surface area contributed by atoms with Crippen LogP contribution in [0.2, 0.25) is 0 Å². The van der Waals surface area contributed by atoms with E-state index in [1.54, 1.807) is 72.9 Å². The standard InChI is InChI=1S/C39H43N7O6/c1-5-10-26(2)25-51-39(49)44-37(40)27-14-17-29(18-15-27)42-24-35-43-30-23-28(16-19-31(30)45(35)3)38(48)46(34-13-8-9-21-41-34)22-20-36(47)52-33-12-7-6-11-32(33)50-4/h6-9,11-19,21,23,26,42H,5,10,20,22,24-25H2,1-4H3,(H2,40,44,49). The van der Waals surface area contributed by atoms with Crippen LogP contribution in [-0.2, 0) is 23.1 Å². The highest BCUT2D eigenvalue weighted by Crippen LogP contribution is 2.27. The first-order valence-corrected chi connectivity index (χ1v) is 17.0. The van der Waals surface area contributed by atoms with Crippen molar-refractivity contribution in [2.45, 2.75) is 39.7 Å². The lowest BCUT2D eigenvalue weighted by atomic mass is 10.1. The minimum Gasteiger partial charge on any atom is -0.493 e. The summed E-state index contributed by atoms with van der Waals surface area (Å²) < 4.78 is 18.0. The number of hydrogen-bond donors (Lipinski definition) is 3. The van der Waals surface area contributed by atoms with Crippen molar-refractivity contribution in [2.24, 2.45) is 13.0 Å². The molecule has 1 atom stereocenters. The van der Waals surface area contributed by atoms with E-state index in [1.807, 2.05) is 36.7 Å². The molecule has 3 aromatic carbocycles. The number of nitrogens with zero attached hydrogens (tertiary/aromatic N) is 4. The first-order chi connectivity index (χ1) is 25.2. The predicted octanol–water partition coefficient (Wildman–Crippen LogP) is 6.72. The molecule has 52 heavy (non-hydrogen) atoms. The van der Waals surface area contributed by atoms with Gasteiger partial charge in [0.15, 0.2) is 11.5 Å². The van der Waals surface area contributed by atoms with Gasteiger partial charge in [0.2, 0.25) is 0 Å². The number of esters is 1. The molecule has 0 spiro atoms. The molecule has 13 nitrogen and oxygen atoms in total. The Morgan fingerprint density at radius 2 is 1.69 bits per heavy atom. The number of carbonyl (C=O) groups is 3. The number of benzene rings is 3. The molecular formula is C39H43N7O6. The van der Waals surface area contributed by atoms with Crippen LogP contribution in [0.15, 0.2) is 91.1 Å². The molecule has 5 rings (SSSR count). The van der Waals surface area contributed by atoms with E-state index in [0.29, 0.717) is 47.1 Å². The number of para-hydroxylation sites is 2. The highest BCUT2D eigenvalue weighted by molar-refractivity contribution is 6.07. The molecule has 3 N–H and O–H groups in total. The van der Waals surface area contributed by atoms with E-state index in [2.05, 4.69) is 22.5 Å². The van der Waals surface area contributed by atoms with Gasteiger partial charge in [-0.3, -0.25) is 25.2 Å². The first kappa shape index (κ1) is 37.0. The summed E-state index contributed by atoms with van der Waals surface area (Å²) >= 11 is 0. The van der Waals surface area contributed by atoms with Crippen molar-refractivity contribution in [2.75, 3.05) is 30.5 Å². The third-order valence-electron chi connectivity index (χ3n) is 8.36. The zero-order valence-electron chi connectivity index (χ0n) is 29.7. The number of ether oxygens (including phenoxy) is 3. The number of rotatable bonds is 15. The number of fused-ring (bicyclic) bond motifs is 1. The Morgan fingerprint density at radius 1 is 0.962 bits per heavy atom. The van der Waals surface area contributed by atoms with Gasteiger partial charge >= 0.3 is 12.1 Å². The number of amides is 2. The number of nitrogens with one attached hydrogen (secondary N) is 3. The zero-order valence-corrected chi connectivity index (χ0v) is 29.7. The number of methoxy groups -OCH3 is 1. The van der Waals surface area contributed by atoms with Crippen molar-refractivity contribution < 1.29 is 28.6 Å². The molecule has 13 heteroatoms. The molecule has 0 aliphatic carbocycles. The third kappa shape index (κ3) is 9.50. The Hall–Kier alpha value is -6.24. The maximum atomic E-state index is 13.9. The Balaban J connectivity index is 1.22. The summed E-state index contributed by atoms with van der Waals surface area (Å²) in [4.78, 5) is 49.4. The quantitative estimate of drug-likeness (QED) is 0.0465. The molecule has 0 bridgehead atoms. The van der Waals surface area contributed by atoms with Crippen LogP contribution in [0.3, 0.4) is 0 Å². The number of anilines is 2. The molecular weight excluding hydrogens is 662 g/mol. The predicted molar refractivity (Wildman–Crippen MR) is 199 cm³/mol. The van der Waals surface area contributed by atoms with Crippen molar-refractivity contribution in [3.05, 3.63) is 108 Å². The summed E-state index contributed by atoms with van der Waals surface area (Å²) in [5.74, 6) is 1.23. The molecule has 1 unspecified atom stereocenters. The van der Waals surface area contributed by atoms with Crippen LogP contribution in [0.4, 0.5) is 16.3 Å². The monoisotopic (exact) mass is 705 g/mol. The molecule has 2 heterocycles. The largest absolute Gasteiger partial charge is 0.493 e. The number of aryl methyl sites for hydroxylation is 1. The lowest BCUT2D eigenvalue weighted by molar-refractivity contribution is -0.134. The molecule has 0 saturated carbocycles. The summed E-state index contributed by atoms with van der Waals surface area (Å²) in [7, 11) is 3.40. The van der Waals surface area contributed by atoms with E-state index in [4.69, 9.17) is 24.6 Å². The number of imidazole rings is 1. The average Bonchev–Trinajstić information content (AvgIpc) is 3.48. The smallest absolute Gasteiger partial charge is 0.412 e. The van der Waals surface area contributed by atoms with Crippen molar-refractivity contribution >= 4 is 46.3 Å². The van der Waals surface area contributed by atoms with E-state index in [0.717, 1.165) is 29.9 Å². The van der Waals surface area contributed by atoms with Gasteiger partial charge in [0, 0.05) is 36.6 Å². The number of aromatic nitrogens is 3. The number of carbonyl (C=O) groups excluding carboxylic acids is 3. The summed E-state index contributed by atoms with van der Waals surface area (Å²) in [6.07, 6.45) is 2.85. The van der Waals surface area contributed by atoms with Crippen LogP contribution in [-0.4, -0.2) is 58.6 Å². The fourth-order valence-electron chi connectivity index (χ4n) is 5.55. The highest BCUT2D eigenvalue weighted by atomic mass is 16.6. The second kappa shape index (κ2) is 17.6. The second-order valence-corrected chi connectivity index (χ2v) is 12.2. The van der Waals surface area contributed by atoms with Crippen molar-refractivity contribution in [1.29, 1.82) is 5.41 Å². The van der Waals surface area contributed by atoms with Gasteiger partial charge in [-0.1, -0.05) is 38.5 Å². The number of pyridine rings is 1. The second-order valence-electron chi connectivity index (χ2n) is 12.2. The average molecular weight is 706 g/mol. The van der Waals surface area contributed by atoms with Crippen molar-refractivity contribution in [1.82, 2.24) is 19.9 Å². The SMILES string of the molecule is CCCC(C)COC(=O)NC(=N)c1ccc(NCc2nc3cc(C(=O)N(CCC(=O)Oc4ccccc4OC)c4ccccn4)ccc3n2C)cc1. The maximum Gasteiger partial charge on any atom is 0.412 e. The van der Waals surface area contributed by atoms with E-state index < -0.39 is 12.1 Å². The van der Waals surface area contributed by atoms with E-state index in [1.165, 1.54) is 12.0 Å². The van der Waals surface area contributed by atoms with Crippen LogP contribution in [0.1, 0.15) is 54.9 Å². The van der Waals surface area contributed by atoms with Crippen molar-refractivity contribution in [3.8, 4) is 11.5 Å². The van der Waals surface area contributed by atoms with Crippen LogP contribution in [0.5, 0.6) is 11.5 Å². The van der Waals surface area contributed by atoms with Gasteiger partial charge in [-0.2, -0.15) is 0 Å². The van der Waals surface area contributed by atoms with E-state index >= 15 is 0 Å². The van der Waals surface area contributed by atoms with Gasteiger partial charge in [-0.25, -0.2) is 14.8 Å². The van der Waals surface area contributed by atoms with Crippen molar-refractivity contribution in [3.63, 3.8) is 0 Å². The normalized spacial score (nSPS) is 11.4. The summed E-state index contributed by atoms with van der Waals surface area (Å²) in [5.41, 5.74) is 3.19. The third-order valence-corrected chi connectivity index (χ3v) is 8.36. The molecule has 0 aliphatic heterocycles. The van der Waals surface area contributed by atoms with Gasteiger partial charge in [-0.15, -0.1) is 0 Å². The number of hydrogen-bond acceptors (Lipinski definition) is 10. The van der Waals surface area contributed by atoms with Crippen LogP contribution < -0.4 is 25.0 Å². The first-order valence-electron chi connectivity index (χ1n) is 17.0. The molecule has 2 aromatic heterocycles. The van der Waals surface area contributed by atoms with Gasteiger partial charge < -0.3 is 24.1 Å². The van der Waals surface area contributed by atoms with Gasteiger partial charge in [-0.05, 0) is 79.1 Å². The summed E-state index contributed by atoms with van der Waals surface area (Å²) in [6.45, 7) is 4.84. The minimum atomic E-state index is -0.642. The molecule has 2 amide bonds. The highest BCUT2D eigenvalue weighted by Gasteiger charge is 2.22. The Kier molecular flexibility index (Phi) is 12.5. The number of alkyl carbamates (subject to hydrolysis) is 1. The molecule has 0 fully saturated rings. The molecule has 5 aromatic rings. The summed E-state index contributed by atoms with van der Waals surface area (Å²) in [5, 5.41) is 14.1. The maximum absolute atomic E-state index is 13.9. The Bertz CT molecular complexity index is 2010. The number of amidine groups is 1. The lowest BCUT2D eigenvalue weighted by Gasteiger charge is -2.21. The fourth-order valence-corrected chi connectivity index (χ4v) is 5.55. The van der Waals surface area contributed by atoms with Gasteiger partial charge in [0.25, 0.3) is 5.91 Å². The lowest BCUT2D eigenvalue weighted by Crippen LogP contribution is -2.34. The van der Waals surface area contributed by atoms with Crippen LogP contribution >= 0.6 is 0 Å². The summed E-state index contributed by atoms with van der Waals surface area (Å²) in [6, 6.07) is 24.5. The van der Waals surface area contributed by atoms with Crippen LogP contribution in [0, 0.1) is 11.3 Å². The topological polar surface area (TPSA) is 161 Å². The molecule has 0 saturated heterocycles. The fraction of sp³-hybridized carbons (Fsp3) is 0.282. The Labute approximate surface area is 302 Å². The minimum absolute atomic E-state index is 0.0377. The van der Waals surface area contributed by atoms with E-state index in [9.17, 15) is 14.4 Å².